The van der Waals surface area contributed by atoms with Gasteiger partial charge < -0.3 is 42.6 Å². The molecular weight excluding hydrogens is 446 g/mol. The summed E-state index contributed by atoms with van der Waals surface area (Å²) in [5.41, 5.74) is 12.2. The van der Waals surface area contributed by atoms with Gasteiger partial charge >= 0.3 is 5.97 Å². The van der Waals surface area contributed by atoms with E-state index >= 15 is 0 Å². The van der Waals surface area contributed by atoms with Crippen LogP contribution in [-0.2, 0) is 25.6 Å². The number of nitrogens with one attached hydrogen (secondary N) is 4. The van der Waals surface area contributed by atoms with Gasteiger partial charge in [-0.3, -0.25) is 14.4 Å². The Labute approximate surface area is 198 Å². The number of imidazole rings is 1. The molecule has 5 unspecified atom stereocenters. The molecule has 5 atom stereocenters. The van der Waals surface area contributed by atoms with Gasteiger partial charge in [-0.15, -0.1) is 0 Å². The minimum Gasteiger partial charge on any atom is -0.480 e. The van der Waals surface area contributed by atoms with Gasteiger partial charge in [-0.05, 0) is 31.7 Å². The van der Waals surface area contributed by atoms with Crippen LogP contribution in [0.1, 0.15) is 45.2 Å². The summed E-state index contributed by atoms with van der Waals surface area (Å²) in [6.07, 6.45) is 5.07. The van der Waals surface area contributed by atoms with Crippen molar-refractivity contribution in [3.63, 3.8) is 0 Å². The fourth-order valence-corrected chi connectivity index (χ4v) is 3.17. The maximum absolute atomic E-state index is 13.1. The van der Waals surface area contributed by atoms with Crippen molar-refractivity contribution in [2.24, 2.45) is 17.4 Å². The zero-order chi connectivity index (χ0) is 25.7. The molecule has 0 saturated heterocycles. The summed E-state index contributed by atoms with van der Waals surface area (Å²) in [6, 6.07) is -4.48. The van der Waals surface area contributed by atoms with Crippen LogP contribution in [0.3, 0.4) is 0 Å². The number of hydrogen-bond donors (Lipinski definition) is 8. The first kappa shape index (κ1) is 29.0. The predicted molar refractivity (Wildman–Crippen MR) is 123 cm³/mol. The number of aliphatic carboxylic acids is 1. The molecule has 10 N–H and O–H groups in total. The molecule has 1 aromatic rings. The van der Waals surface area contributed by atoms with Gasteiger partial charge in [0, 0.05) is 18.3 Å². The third kappa shape index (κ3) is 9.45. The lowest BCUT2D eigenvalue weighted by molar-refractivity contribution is -0.143. The lowest BCUT2D eigenvalue weighted by Crippen LogP contribution is -2.59. The van der Waals surface area contributed by atoms with Crippen molar-refractivity contribution in [1.82, 2.24) is 25.9 Å². The molecule has 0 radical (unpaired) electrons. The van der Waals surface area contributed by atoms with Gasteiger partial charge in [0.05, 0.1) is 19.0 Å². The lowest BCUT2D eigenvalue weighted by atomic mass is 9.96. The van der Waals surface area contributed by atoms with E-state index in [2.05, 4.69) is 25.9 Å². The van der Waals surface area contributed by atoms with Crippen LogP contribution < -0.4 is 27.4 Å². The highest BCUT2D eigenvalue weighted by molar-refractivity contribution is 5.94. The quantitative estimate of drug-likeness (QED) is 0.121. The number of aliphatic hydroxyl groups is 1. The molecule has 192 valence electrons. The second-order valence-corrected chi connectivity index (χ2v) is 8.19. The Kier molecular flexibility index (Phi) is 12.8. The molecular formula is C21H37N7O6. The number of hydrogen-bond acceptors (Lipinski definition) is 8. The predicted octanol–water partition coefficient (Wildman–Crippen LogP) is -2.01. The summed E-state index contributed by atoms with van der Waals surface area (Å²) in [5, 5.41) is 25.8. The Morgan fingerprint density at radius 3 is 2.29 bits per heavy atom. The van der Waals surface area contributed by atoms with Crippen LogP contribution >= 0.6 is 0 Å². The van der Waals surface area contributed by atoms with Crippen LogP contribution in [0, 0.1) is 5.92 Å². The SMILES string of the molecule is CCC(C)C(NC(=O)C(N)Cc1cnc[nH]1)C(=O)NC(CCCCN)C(=O)NC(CO)C(=O)O. The minimum absolute atomic E-state index is 0.197. The van der Waals surface area contributed by atoms with E-state index in [9.17, 15) is 24.3 Å². The largest absolute Gasteiger partial charge is 0.480 e. The highest BCUT2D eigenvalue weighted by Gasteiger charge is 2.32. The number of H-pyrrole nitrogens is 1. The number of carboxylic acids is 1. The number of amides is 3. The zero-order valence-corrected chi connectivity index (χ0v) is 19.6. The van der Waals surface area contributed by atoms with Gasteiger partial charge in [0.1, 0.15) is 18.1 Å². The van der Waals surface area contributed by atoms with E-state index in [1.807, 2.05) is 6.92 Å². The maximum atomic E-state index is 13.1. The molecule has 0 aliphatic heterocycles. The van der Waals surface area contributed by atoms with Crippen molar-refractivity contribution < 1.29 is 29.4 Å². The standard InChI is InChI=1S/C21H37N7O6/c1-3-12(2)17(28-18(30)14(23)8-13-9-24-11-25-13)20(32)26-15(6-4-5-7-22)19(31)27-16(10-29)21(33)34/h9,11-12,14-17,29H,3-8,10,22-23H2,1-2H3,(H,24,25)(H,26,32)(H,27,31)(H,28,30)(H,33,34). The number of carbonyl (C=O) groups excluding carboxylic acids is 3. The number of aromatic amines is 1. The Bertz CT molecular complexity index is 789. The second-order valence-electron chi connectivity index (χ2n) is 8.19. The average Bonchev–Trinajstić information content (AvgIpc) is 3.32. The Hall–Kier alpha value is -3.03. The van der Waals surface area contributed by atoms with Crippen LogP contribution in [0.4, 0.5) is 0 Å². The molecule has 0 aliphatic carbocycles. The first-order valence-corrected chi connectivity index (χ1v) is 11.3. The van der Waals surface area contributed by atoms with E-state index in [4.69, 9.17) is 16.6 Å². The molecule has 34 heavy (non-hydrogen) atoms. The first-order valence-electron chi connectivity index (χ1n) is 11.3. The number of aliphatic hydroxyl groups excluding tert-OH is 1. The average molecular weight is 484 g/mol. The number of carbonyl (C=O) groups is 4. The molecule has 13 heteroatoms. The molecule has 0 spiro atoms. The van der Waals surface area contributed by atoms with E-state index in [0.29, 0.717) is 31.5 Å². The van der Waals surface area contributed by atoms with Crippen LogP contribution in [0.25, 0.3) is 0 Å². The summed E-state index contributed by atoms with van der Waals surface area (Å²) < 4.78 is 0. The Balaban J connectivity index is 2.93. The topological polar surface area (TPSA) is 226 Å². The molecule has 13 nitrogen and oxygen atoms in total. The Morgan fingerprint density at radius 1 is 1.09 bits per heavy atom. The van der Waals surface area contributed by atoms with Gasteiger partial charge in [-0.1, -0.05) is 20.3 Å². The van der Waals surface area contributed by atoms with Crippen molar-refractivity contribution in [3.05, 3.63) is 18.2 Å². The van der Waals surface area contributed by atoms with Gasteiger partial charge in [0.25, 0.3) is 0 Å². The van der Waals surface area contributed by atoms with Crippen LogP contribution in [0.5, 0.6) is 0 Å². The molecule has 0 saturated carbocycles. The van der Waals surface area contributed by atoms with Crippen LogP contribution in [-0.4, -0.2) is 81.2 Å². The maximum Gasteiger partial charge on any atom is 0.328 e. The van der Waals surface area contributed by atoms with Gasteiger partial charge in [0.2, 0.25) is 17.7 Å². The van der Waals surface area contributed by atoms with Crippen molar-refractivity contribution in [1.29, 1.82) is 0 Å². The van der Waals surface area contributed by atoms with Crippen molar-refractivity contribution in [3.8, 4) is 0 Å². The van der Waals surface area contributed by atoms with E-state index in [1.165, 1.54) is 6.33 Å². The fraction of sp³-hybridized carbons (Fsp3) is 0.667. The zero-order valence-electron chi connectivity index (χ0n) is 19.6. The molecule has 1 rings (SSSR count). The number of rotatable bonds is 16. The molecule has 0 aromatic carbocycles. The Morgan fingerprint density at radius 2 is 1.76 bits per heavy atom. The van der Waals surface area contributed by atoms with Crippen molar-refractivity contribution in [2.45, 2.75) is 70.1 Å². The van der Waals surface area contributed by atoms with Gasteiger partial charge in [-0.2, -0.15) is 0 Å². The van der Waals surface area contributed by atoms with Crippen molar-refractivity contribution >= 4 is 23.7 Å². The number of nitrogens with zero attached hydrogens (tertiary/aromatic N) is 1. The van der Waals surface area contributed by atoms with Gasteiger partial charge in [-0.25, -0.2) is 9.78 Å². The third-order valence-electron chi connectivity index (χ3n) is 5.50. The third-order valence-corrected chi connectivity index (χ3v) is 5.50. The lowest BCUT2D eigenvalue weighted by Gasteiger charge is -2.28. The second kappa shape index (κ2) is 15.0. The minimum atomic E-state index is -1.51. The smallest absolute Gasteiger partial charge is 0.328 e. The molecule has 1 heterocycles. The van der Waals surface area contributed by atoms with Gasteiger partial charge in [0.15, 0.2) is 0 Å². The summed E-state index contributed by atoms with van der Waals surface area (Å²) in [4.78, 5) is 56.3. The van der Waals surface area contributed by atoms with Crippen LogP contribution in [0.15, 0.2) is 12.5 Å². The number of nitrogens with two attached hydrogens (primary N) is 2. The van der Waals surface area contributed by atoms with E-state index in [0.717, 1.165) is 0 Å². The molecule has 0 bridgehead atoms. The molecule has 1 aromatic heterocycles. The van der Waals surface area contributed by atoms with E-state index in [1.54, 1.807) is 13.1 Å². The fourth-order valence-electron chi connectivity index (χ4n) is 3.17. The van der Waals surface area contributed by atoms with Crippen molar-refractivity contribution in [2.75, 3.05) is 13.2 Å². The number of carboxylic acid groups (broad SMARTS) is 1. The highest BCUT2D eigenvalue weighted by atomic mass is 16.4. The molecule has 0 fully saturated rings. The molecule has 3 amide bonds. The summed E-state index contributed by atoms with van der Waals surface area (Å²) in [7, 11) is 0. The number of aromatic nitrogens is 2. The monoisotopic (exact) mass is 483 g/mol. The van der Waals surface area contributed by atoms with E-state index < -0.39 is 54.5 Å². The normalized spacial score (nSPS) is 15.4. The molecule has 0 aliphatic rings. The van der Waals surface area contributed by atoms with Crippen LogP contribution in [0.2, 0.25) is 0 Å². The summed E-state index contributed by atoms with van der Waals surface area (Å²) in [5.74, 6) is -3.57. The summed E-state index contributed by atoms with van der Waals surface area (Å²) >= 11 is 0. The summed E-state index contributed by atoms with van der Waals surface area (Å²) in [6.45, 7) is 3.22. The number of unbranched alkanes of at least 4 members (excludes halogenated alkanes) is 1. The highest BCUT2D eigenvalue weighted by Crippen LogP contribution is 2.11. The van der Waals surface area contributed by atoms with E-state index in [-0.39, 0.29) is 18.8 Å². The first-order chi connectivity index (χ1) is 16.1.